The van der Waals surface area contributed by atoms with Crippen LogP contribution in [0.3, 0.4) is 0 Å². The maximum atomic E-state index is 12.5. The fraction of sp³-hybridized carbons (Fsp3) is 0.562. The third-order valence-corrected chi connectivity index (χ3v) is 3.86. The summed E-state index contributed by atoms with van der Waals surface area (Å²) in [6.45, 7) is 4.59. The van der Waals surface area contributed by atoms with Crippen molar-refractivity contribution in [1.29, 1.82) is 0 Å². The zero-order chi connectivity index (χ0) is 19.5. The maximum absolute atomic E-state index is 12.5. The highest BCUT2D eigenvalue weighted by Crippen LogP contribution is 2.26. The highest BCUT2D eigenvalue weighted by molar-refractivity contribution is 5.94. The molecule has 10 heteroatoms. The summed E-state index contributed by atoms with van der Waals surface area (Å²) in [5, 5.41) is 2.37. The molecule has 7 nitrogen and oxygen atoms in total. The van der Waals surface area contributed by atoms with Gasteiger partial charge >= 0.3 is 6.18 Å². The minimum absolute atomic E-state index is 0.0176. The standard InChI is InChI=1S/C16H20F3N3O4/c1-9-7-22(8-10(2)26-9)13(23)5-6-20-14(24)11-3-4-12(16(17,18)19)21-15(11)25/h3-4,9-10H,5-8H2,1-2H3,(H,20,24)(H,21,25)/t9-,10+. The Labute approximate surface area is 147 Å². The number of aromatic amines is 1. The van der Waals surface area contributed by atoms with E-state index in [4.69, 9.17) is 4.74 Å². The van der Waals surface area contributed by atoms with Gasteiger partial charge in [0.05, 0.1) is 12.2 Å². The SMILES string of the molecule is C[C@@H]1CN(C(=O)CCNC(=O)c2ccc(C(F)(F)F)[nH]c2=O)C[C@H](C)O1. The Kier molecular flexibility index (Phi) is 6.06. The van der Waals surface area contributed by atoms with Gasteiger partial charge in [-0.25, -0.2) is 0 Å². The molecule has 1 aliphatic rings. The normalized spacial score (nSPS) is 20.7. The molecule has 1 aromatic heterocycles. The van der Waals surface area contributed by atoms with Crippen molar-refractivity contribution < 1.29 is 27.5 Å². The summed E-state index contributed by atoms with van der Waals surface area (Å²) in [5.41, 5.74) is -2.82. The third kappa shape index (κ3) is 5.07. The number of ether oxygens (including phenoxy) is 1. The molecular formula is C16H20F3N3O4. The number of nitrogens with zero attached hydrogens (tertiary/aromatic N) is 1. The van der Waals surface area contributed by atoms with E-state index in [0.717, 1.165) is 6.07 Å². The average molecular weight is 375 g/mol. The van der Waals surface area contributed by atoms with Crippen LogP contribution in [0.15, 0.2) is 16.9 Å². The van der Waals surface area contributed by atoms with Gasteiger partial charge in [-0.05, 0) is 26.0 Å². The number of carbonyl (C=O) groups excluding carboxylic acids is 2. The van der Waals surface area contributed by atoms with Gasteiger partial charge in [-0.1, -0.05) is 0 Å². The monoisotopic (exact) mass is 375 g/mol. The van der Waals surface area contributed by atoms with Crippen molar-refractivity contribution in [3.63, 3.8) is 0 Å². The first-order valence-electron chi connectivity index (χ1n) is 8.10. The van der Waals surface area contributed by atoms with Gasteiger partial charge in [-0.3, -0.25) is 14.4 Å². The van der Waals surface area contributed by atoms with Gasteiger partial charge in [0.2, 0.25) is 5.91 Å². The van der Waals surface area contributed by atoms with Crippen LogP contribution in [-0.4, -0.2) is 53.5 Å². The fourth-order valence-electron chi connectivity index (χ4n) is 2.74. The van der Waals surface area contributed by atoms with E-state index in [-0.39, 0.29) is 31.1 Å². The lowest BCUT2D eigenvalue weighted by Crippen LogP contribution is -2.48. The Morgan fingerprint density at radius 1 is 1.27 bits per heavy atom. The number of pyridine rings is 1. The fourth-order valence-corrected chi connectivity index (χ4v) is 2.74. The zero-order valence-corrected chi connectivity index (χ0v) is 14.4. The number of H-pyrrole nitrogens is 1. The summed E-state index contributed by atoms with van der Waals surface area (Å²) in [4.78, 5) is 39.0. The first kappa shape index (κ1) is 20.0. The Morgan fingerprint density at radius 2 is 1.88 bits per heavy atom. The highest BCUT2D eigenvalue weighted by Gasteiger charge is 2.32. The smallest absolute Gasteiger partial charge is 0.372 e. The molecule has 26 heavy (non-hydrogen) atoms. The third-order valence-electron chi connectivity index (χ3n) is 3.86. The number of alkyl halides is 3. The van der Waals surface area contributed by atoms with Crippen molar-refractivity contribution in [2.24, 2.45) is 0 Å². The number of amides is 2. The summed E-state index contributed by atoms with van der Waals surface area (Å²) in [6, 6.07) is 1.43. The van der Waals surface area contributed by atoms with Crippen molar-refractivity contribution in [2.45, 2.75) is 38.7 Å². The molecular weight excluding hydrogens is 355 g/mol. The number of halogens is 3. The summed E-state index contributed by atoms with van der Waals surface area (Å²) < 4.78 is 43.0. The summed E-state index contributed by atoms with van der Waals surface area (Å²) in [7, 11) is 0. The van der Waals surface area contributed by atoms with Gasteiger partial charge in [0.1, 0.15) is 11.3 Å². The second kappa shape index (κ2) is 7.90. The number of aromatic nitrogens is 1. The molecule has 0 saturated carbocycles. The van der Waals surface area contributed by atoms with E-state index in [1.807, 2.05) is 13.8 Å². The molecule has 0 aromatic carbocycles. The van der Waals surface area contributed by atoms with E-state index >= 15 is 0 Å². The maximum Gasteiger partial charge on any atom is 0.431 e. The van der Waals surface area contributed by atoms with Gasteiger partial charge in [-0.2, -0.15) is 13.2 Å². The first-order valence-corrected chi connectivity index (χ1v) is 8.10. The van der Waals surface area contributed by atoms with Crippen molar-refractivity contribution in [2.75, 3.05) is 19.6 Å². The molecule has 2 amide bonds. The van der Waals surface area contributed by atoms with Gasteiger partial charge in [0.15, 0.2) is 0 Å². The molecule has 0 unspecified atom stereocenters. The zero-order valence-electron chi connectivity index (χ0n) is 14.4. The van der Waals surface area contributed by atoms with Crippen molar-refractivity contribution in [1.82, 2.24) is 15.2 Å². The lowest BCUT2D eigenvalue weighted by molar-refractivity contribution is -0.143. The van der Waals surface area contributed by atoms with E-state index < -0.39 is 28.9 Å². The number of carbonyl (C=O) groups is 2. The van der Waals surface area contributed by atoms with Crippen molar-refractivity contribution in [3.8, 4) is 0 Å². The Morgan fingerprint density at radius 3 is 2.42 bits per heavy atom. The van der Waals surface area contributed by atoms with Crippen LogP contribution in [0, 0.1) is 0 Å². The summed E-state index contributed by atoms with van der Waals surface area (Å²) in [5.74, 6) is -1.01. The summed E-state index contributed by atoms with van der Waals surface area (Å²) >= 11 is 0. The second-order valence-electron chi connectivity index (χ2n) is 6.17. The van der Waals surface area contributed by atoms with E-state index in [1.54, 1.807) is 9.88 Å². The van der Waals surface area contributed by atoms with Crippen LogP contribution in [0.1, 0.15) is 36.3 Å². The van der Waals surface area contributed by atoms with E-state index in [9.17, 15) is 27.6 Å². The van der Waals surface area contributed by atoms with Crippen LogP contribution in [0.25, 0.3) is 0 Å². The average Bonchev–Trinajstić information content (AvgIpc) is 2.52. The van der Waals surface area contributed by atoms with Crippen LogP contribution in [-0.2, 0) is 15.7 Å². The molecule has 1 fully saturated rings. The number of nitrogens with one attached hydrogen (secondary N) is 2. The number of rotatable bonds is 4. The molecule has 0 radical (unpaired) electrons. The van der Waals surface area contributed by atoms with Crippen LogP contribution in [0.4, 0.5) is 13.2 Å². The molecule has 0 bridgehead atoms. The molecule has 2 N–H and O–H groups in total. The van der Waals surface area contributed by atoms with Gasteiger partial charge < -0.3 is 19.9 Å². The lowest BCUT2D eigenvalue weighted by Gasteiger charge is -2.35. The molecule has 0 aliphatic carbocycles. The van der Waals surface area contributed by atoms with Crippen LogP contribution in [0.2, 0.25) is 0 Å². The number of morpholine rings is 1. The Bertz CT molecular complexity index is 722. The molecule has 1 aliphatic heterocycles. The van der Waals surface area contributed by atoms with Crippen LogP contribution < -0.4 is 10.9 Å². The minimum atomic E-state index is -4.70. The van der Waals surface area contributed by atoms with E-state index in [0.29, 0.717) is 19.2 Å². The van der Waals surface area contributed by atoms with Crippen molar-refractivity contribution >= 4 is 11.8 Å². The molecule has 2 rings (SSSR count). The molecule has 1 aromatic rings. The van der Waals surface area contributed by atoms with Crippen LogP contribution >= 0.6 is 0 Å². The second-order valence-corrected chi connectivity index (χ2v) is 6.17. The van der Waals surface area contributed by atoms with Crippen molar-refractivity contribution in [3.05, 3.63) is 33.7 Å². The van der Waals surface area contributed by atoms with E-state index in [2.05, 4.69) is 5.32 Å². The topological polar surface area (TPSA) is 91.5 Å². The van der Waals surface area contributed by atoms with E-state index in [1.165, 1.54) is 0 Å². The highest BCUT2D eigenvalue weighted by atomic mass is 19.4. The van der Waals surface area contributed by atoms with Gasteiger partial charge in [0, 0.05) is 26.1 Å². The Hall–Kier alpha value is -2.36. The number of hydrogen-bond donors (Lipinski definition) is 2. The minimum Gasteiger partial charge on any atom is -0.372 e. The van der Waals surface area contributed by atoms with Crippen LogP contribution in [0.5, 0.6) is 0 Å². The molecule has 2 heterocycles. The van der Waals surface area contributed by atoms with Gasteiger partial charge in [-0.15, -0.1) is 0 Å². The largest absolute Gasteiger partial charge is 0.431 e. The Balaban J connectivity index is 1.89. The molecule has 1 saturated heterocycles. The lowest BCUT2D eigenvalue weighted by atomic mass is 10.2. The molecule has 2 atom stereocenters. The predicted octanol–water partition coefficient (Wildman–Crippen LogP) is 1.15. The predicted molar refractivity (Wildman–Crippen MR) is 85.6 cm³/mol. The number of hydrogen-bond acceptors (Lipinski definition) is 4. The first-order chi connectivity index (χ1) is 12.1. The quantitative estimate of drug-likeness (QED) is 0.826. The van der Waals surface area contributed by atoms with Gasteiger partial charge in [0.25, 0.3) is 11.5 Å². The molecule has 0 spiro atoms. The molecule has 144 valence electrons. The summed E-state index contributed by atoms with van der Waals surface area (Å²) in [6.07, 6.45) is -4.84.